The Hall–Kier alpha value is -2.69. The van der Waals surface area contributed by atoms with Crippen molar-refractivity contribution in [3.8, 4) is 0 Å². The normalized spacial score (nSPS) is 10.5. The summed E-state index contributed by atoms with van der Waals surface area (Å²) >= 11 is 0. The van der Waals surface area contributed by atoms with Crippen LogP contribution in [0.3, 0.4) is 0 Å². The van der Waals surface area contributed by atoms with E-state index >= 15 is 0 Å². The number of anilines is 3. The Kier molecular flexibility index (Phi) is 3.91. The predicted molar refractivity (Wildman–Crippen MR) is 85.8 cm³/mol. The van der Waals surface area contributed by atoms with Gasteiger partial charge in [0.25, 0.3) is 0 Å². The van der Waals surface area contributed by atoms with Crippen molar-refractivity contribution >= 4 is 28.2 Å². The molecule has 5 nitrogen and oxygen atoms in total. The fourth-order valence-electron chi connectivity index (χ4n) is 2.11. The van der Waals surface area contributed by atoms with E-state index in [1.807, 2.05) is 30.5 Å². The monoisotopic (exact) mass is 279 g/mol. The van der Waals surface area contributed by atoms with Crippen LogP contribution in [0.1, 0.15) is 13.3 Å². The zero-order valence-electron chi connectivity index (χ0n) is 11.9. The molecule has 0 spiro atoms. The molecule has 0 fully saturated rings. The first-order chi connectivity index (χ1) is 10.4. The SMILES string of the molecule is CCCNc1nccc(Nc2cccc3ccncc23)n1. The molecular weight excluding hydrogens is 262 g/mol. The molecule has 0 saturated carbocycles. The van der Waals surface area contributed by atoms with Crippen molar-refractivity contribution in [1.29, 1.82) is 0 Å². The largest absolute Gasteiger partial charge is 0.354 e. The maximum Gasteiger partial charge on any atom is 0.224 e. The summed E-state index contributed by atoms with van der Waals surface area (Å²) in [6.45, 7) is 2.97. The zero-order valence-corrected chi connectivity index (χ0v) is 11.9. The molecule has 2 heterocycles. The van der Waals surface area contributed by atoms with Crippen LogP contribution in [0.4, 0.5) is 17.5 Å². The van der Waals surface area contributed by atoms with Crippen LogP contribution in [0.25, 0.3) is 10.8 Å². The minimum Gasteiger partial charge on any atom is -0.354 e. The van der Waals surface area contributed by atoms with Gasteiger partial charge < -0.3 is 10.6 Å². The third kappa shape index (κ3) is 3.08. The van der Waals surface area contributed by atoms with Gasteiger partial charge in [-0.25, -0.2) is 4.98 Å². The fourth-order valence-corrected chi connectivity index (χ4v) is 2.11. The number of fused-ring (bicyclic) bond motifs is 1. The summed E-state index contributed by atoms with van der Waals surface area (Å²) in [6, 6.07) is 9.95. The van der Waals surface area contributed by atoms with Crippen molar-refractivity contribution < 1.29 is 0 Å². The van der Waals surface area contributed by atoms with Crippen LogP contribution in [0.15, 0.2) is 48.9 Å². The van der Waals surface area contributed by atoms with Crippen LogP contribution in [-0.4, -0.2) is 21.5 Å². The van der Waals surface area contributed by atoms with Crippen molar-refractivity contribution in [3.05, 3.63) is 48.9 Å². The third-order valence-electron chi connectivity index (χ3n) is 3.14. The average Bonchev–Trinajstić information content (AvgIpc) is 2.54. The number of pyridine rings is 1. The van der Waals surface area contributed by atoms with Crippen molar-refractivity contribution in [2.24, 2.45) is 0 Å². The van der Waals surface area contributed by atoms with Crippen LogP contribution in [-0.2, 0) is 0 Å². The number of nitrogens with one attached hydrogen (secondary N) is 2. The van der Waals surface area contributed by atoms with Crippen LogP contribution < -0.4 is 10.6 Å². The highest BCUT2D eigenvalue weighted by Gasteiger charge is 2.03. The number of rotatable bonds is 5. The summed E-state index contributed by atoms with van der Waals surface area (Å²) in [5, 5.41) is 8.73. The van der Waals surface area contributed by atoms with Gasteiger partial charge in [0.15, 0.2) is 0 Å². The van der Waals surface area contributed by atoms with Gasteiger partial charge >= 0.3 is 0 Å². The molecule has 2 aromatic heterocycles. The number of aromatic nitrogens is 3. The molecule has 3 aromatic rings. The zero-order chi connectivity index (χ0) is 14.5. The molecule has 0 atom stereocenters. The second-order valence-corrected chi connectivity index (χ2v) is 4.72. The highest BCUT2D eigenvalue weighted by Crippen LogP contribution is 2.24. The quantitative estimate of drug-likeness (QED) is 0.747. The highest BCUT2D eigenvalue weighted by molar-refractivity contribution is 5.94. The van der Waals surface area contributed by atoms with Crippen molar-refractivity contribution in [3.63, 3.8) is 0 Å². The molecule has 0 aliphatic heterocycles. The lowest BCUT2D eigenvalue weighted by Crippen LogP contribution is -2.05. The summed E-state index contributed by atoms with van der Waals surface area (Å²) < 4.78 is 0. The molecule has 21 heavy (non-hydrogen) atoms. The van der Waals surface area contributed by atoms with E-state index in [2.05, 4.69) is 38.6 Å². The fraction of sp³-hybridized carbons (Fsp3) is 0.188. The summed E-state index contributed by atoms with van der Waals surface area (Å²) in [6.07, 6.45) is 6.44. The van der Waals surface area contributed by atoms with Crippen molar-refractivity contribution in [2.75, 3.05) is 17.2 Å². The van der Waals surface area contributed by atoms with E-state index < -0.39 is 0 Å². The van der Waals surface area contributed by atoms with E-state index in [0.717, 1.165) is 35.2 Å². The van der Waals surface area contributed by atoms with Gasteiger partial charge in [0.05, 0.1) is 0 Å². The standard InChI is InChI=1S/C16H17N5/c1-2-8-18-16-19-10-7-15(21-16)20-14-5-3-4-12-6-9-17-11-13(12)14/h3-7,9-11H,2,8H2,1H3,(H2,18,19,20,21). The molecule has 0 unspecified atom stereocenters. The molecule has 1 aromatic carbocycles. The lowest BCUT2D eigenvalue weighted by molar-refractivity contribution is 0.953. The Morgan fingerprint density at radius 2 is 2.05 bits per heavy atom. The molecular formula is C16H17N5. The number of hydrogen-bond acceptors (Lipinski definition) is 5. The lowest BCUT2D eigenvalue weighted by Gasteiger charge is -2.10. The van der Waals surface area contributed by atoms with Crippen LogP contribution in [0.5, 0.6) is 0 Å². The average molecular weight is 279 g/mol. The summed E-state index contributed by atoms with van der Waals surface area (Å²) in [5.41, 5.74) is 0.987. The maximum atomic E-state index is 4.46. The van der Waals surface area contributed by atoms with Gasteiger partial charge in [0.1, 0.15) is 5.82 Å². The van der Waals surface area contributed by atoms with Gasteiger partial charge in [-0.2, -0.15) is 4.98 Å². The Morgan fingerprint density at radius 3 is 2.95 bits per heavy atom. The molecule has 106 valence electrons. The van der Waals surface area contributed by atoms with Gasteiger partial charge in [-0.15, -0.1) is 0 Å². The first-order valence-electron chi connectivity index (χ1n) is 7.03. The van der Waals surface area contributed by atoms with Gasteiger partial charge in [-0.05, 0) is 30.0 Å². The maximum absolute atomic E-state index is 4.46. The van der Waals surface area contributed by atoms with Crippen molar-refractivity contribution in [2.45, 2.75) is 13.3 Å². The van der Waals surface area contributed by atoms with E-state index in [1.165, 1.54) is 0 Å². The molecule has 5 heteroatoms. The highest BCUT2D eigenvalue weighted by atomic mass is 15.1. The summed E-state index contributed by atoms with van der Waals surface area (Å²) in [4.78, 5) is 12.9. The topological polar surface area (TPSA) is 62.7 Å². The van der Waals surface area contributed by atoms with E-state index in [1.54, 1.807) is 12.4 Å². The van der Waals surface area contributed by atoms with Crippen LogP contribution >= 0.6 is 0 Å². The molecule has 0 aliphatic rings. The summed E-state index contributed by atoms with van der Waals surface area (Å²) in [7, 11) is 0. The van der Waals surface area contributed by atoms with E-state index in [-0.39, 0.29) is 0 Å². The first kappa shape index (κ1) is 13.3. The van der Waals surface area contributed by atoms with Crippen LogP contribution in [0, 0.1) is 0 Å². The second-order valence-electron chi connectivity index (χ2n) is 4.72. The summed E-state index contributed by atoms with van der Waals surface area (Å²) in [5.74, 6) is 1.40. The number of benzene rings is 1. The Balaban J connectivity index is 1.88. The van der Waals surface area contributed by atoms with Crippen molar-refractivity contribution in [1.82, 2.24) is 15.0 Å². The number of nitrogens with zero attached hydrogens (tertiary/aromatic N) is 3. The van der Waals surface area contributed by atoms with Gasteiger partial charge in [0, 0.05) is 36.2 Å². The Labute approximate surface area is 123 Å². The molecule has 0 aliphatic carbocycles. The third-order valence-corrected chi connectivity index (χ3v) is 3.14. The van der Waals surface area contributed by atoms with Gasteiger partial charge in [-0.3, -0.25) is 4.98 Å². The minimum atomic E-state index is 0.639. The first-order valence-corrected chi connectivity index (χ1v) is 7.03. The molecule has 2 N–H and O–H groups in total. The molecule has 3 rings (SSSR count). The predicted octanol–water partition coefficient (Wildman–Crippen LogP) is 3.59. The van der Waals surface area contributed by atoms with Crippen LogP contribution in [0.2, 0.25) is 0 Å². The molecule has 0 bridgehead atoms. The molecule has 0 amide bonds. The lowest BCUT2D eigenvalue weighted by atomic mass is 10.1. The Bertz CT molecular complexity index is 736. The Morgan fingerprint density at radius 1 is 1.10 bits per heavy atom. The smallest absolute Gasteiger partial charge is 0.224 e. The number of hydrogen-bond donors (Lipinski definition) is 2. The minimum absolute atomic E-state index is 0.639. The van der Waals surface area contributed by atoms with Gasteiger partial charge in [-0.1, -0.05) is 19.1 Å². The second kappa shape index (κ2) is 6.17. The molecule has 0 saturated heterocycles. The van der Waals surface area contributed by atoms with E-state index in [4.69, 9.17) is 0 Å². The van der Waals surface area contributed by atoms with Gasteiger partial charge in [0.2, 0.25) is 5.95 Å². The van der Waals surface area contributed by atoms with E-state index in [9.17, 15) is 0 Å². The van der Waals surface area contributed by atoms with E-state index in [0.29, 0.717) is 5.95 Å². The molecule has 0 radical (unpaired) electrons.